The highest BCUT2D eigenvalue weighted by molar-refractivity contribution is 14.0. The van der Waals surface area contributed by atoms with Crippen LogP contribution in [0.25, 0.3) is 0 Å². The molecule has 0 amide bonds. The van der Waals surface area contributed by atoms with Crippen molar-refractivity contribution in [3.8, 4) is 0 Å². The fourth-order valence-electron chi connectivity index (χ4n) is 3.13. The Morgan fingerprint density at radius 1 is 1.00 bits per heavy atom. The van der Waals surface area contributed by atoms with Crippen LogP contribution in [0.2, 0.25) is 0 Å². The fourth-order valence-corrected chi connectivity index (χ4v) is 3.13. The second-order valence-corrected chi connectivity index (χ2v) is 6.70. The second-order valence-electron chi connectivity index (χ2n) is 6.70. The highest BCUT2D eigenvalue weighted by atomic mass is 127. The van der Waals surface area contributed by atoms with Gasteiger partial charge in [-0.25, -0.2) is 4.39 Å². The van der Waals surface area contributed by atoms with Crippen LogP contribution in [0.5, 0.6) is 0 Å². The van der Waals surface area contributed by atoms with E-state index in [1.54, 1.807) is 13.1 Å². The minimum absolute atomic E-state index is 0. The predicted octanol–water partition coefficient (Wildman–Crippen LogP) is 4.17. The summed E-state index contributed by atoms with van der Waals surface area (Å²) in [6.07, 6.45) is 0. The maximum Gasteiger partial charge on any atom is 0.191 e. The van der Waals surface area contributed by atoms with Crippen LogP contribution >= 0.6 is 24.0 Å². The molecule has 0 fully saturated rings. The zero-order chi connectivity index (χ0) is 19.9. The van der Waals surface area contributed by atoms with Gasteiger partial charge < -0.3 is 10.6 Å². The summed E-state index contributed by atoms with van der Waals surface area (Å²) in [4.78, 5) is 4.25. The summed E-state index contributed by atoms with van der Waals surface area (Å²) in [5, 5.41) is 11.2. The van der Waals surface area contributed by atoms with E-state index in [1.807, 2.05) is 35.9 Å². The molecule has 1 heterocycles. The smallest absolute Gasteiger partial charge is 0.191 e. The molecule has 154 valence electrons. The number of benzene rings is 2. The number of rotatable bonds is 6. The Kier molecular flexibility index (Phi) is 8.63. The number of nitrogens with one attached hydrogen (secondary N) is 2. The maximum absolute atomic E-state index is 13.3. The van der Waals surface area contributed by atoms with Crippen molar-refractivity contribution >= 4 is 29.9 Å². The van der Waals surface area contributed by atoms with Gasteiger partial charge in [0.05, 0.1) is 12.2 Å². The Morgan fingerprint density at radius 2 is 1.69 bits per heavy atom. The normalized spacial score (nSPS) is 11.1. The van der Waals surface area contributed by atoms with Gasteiger partial charge in [0.1, 0.15) is 5.82 Å². The third-order valence-electron chi connectivity index (χ3n) is 4.71. The largest absolute Gasteiger partial charge is 0.352 e. The van der Waals surface area contributed by atoms with Crippen molar-refractivity contribution in [1.82, 2.24) is 20.4 Å². The Morgan fingerprint density at radius 3 is 2.38 bits per heavy atom. The molecule has 2 N–H and O–H groups in total. The third kappa shape index (κ3) is 6.28. The number of hydrogen-bond donors (Lipinski definition) is 2. The summed E-state index contributed by atoms with van der Waals surface area (Å²) in [5.41, 5.74) is 5.38. The maximum atomic E-state index is 13.3. The monoisotopic (exact) mass is 507 g/mol. The summed E-state index contributed by atoms with van der Waals surface area (Å²) in [5.74, 6) is 0.429. The van der Waals surface area contributed by atoms with Crippen LogP contribution in [0.1, 0.15) is 28.1 Å². The van der Waals surface area contributed by atoms with Crippen molar-refractivity contribution in [3.05, 3.63) is 88.5 Å². The van der Waals surface area contributed by atoms with E-state index in [0.717, 1.165) is 29.1 Å². The average molecular weight is 507 g/mol. The third-order valence-corrected chi connectivity index (χ3v) is 4.71. The van der Waals surface area contributed by atoms with Crippen LogP contribution in [-0.4, -0.2) is 22.8 Å². The van der Waals surface area contributed by atoms with E-state index in [0.29, 0.717) is 19.0 Å². The number of nitrogens with zero attached hydrogens (tertiary/aromatic N) is 3. The van der Waals surface area contributed by atoms with Crippen molar-refractivity contribution in [3.63, 3.8) is 0 Å². The molecule has 0 bridgehead atoms. The van der Waals surface area contributed by atoms with E-state index in [-0.39, 0.29) is 29.8 Å². The number of hydrogen-bond acceptors (Lipinski definition) is 2. The fraction of sp³-hybridized carbons (Fsp3) is 0.273. The van der Waals surface area contributed by atoms with Crippen LogP contribution in [0.3, 0.4) is 0 Å². The summed E-state index contributed by atoms with van der Waals surface area (Å²) in [6, 6.07) is 16.8. The minimum atomic E-state index is -0.237. The Labute approximate surface area is 188 Å². The van der Waals surface area contributed by atoms with Crippen LogP contribution in [0.4, 0.5) is 4.39 Å². The van der Waals surface area contributed by atoms with Gasteiger partial charge in [0.25, 0.3) is 0 Å². The number of halogens is 2. The van der Waals surface area contributed by atoms with Gasteiger partial charge >= 0.3 is 0 Å². The van der Waals surface area contributed by atoms with Gasteiger partial charge in [0.15, 0.2) is 5.96 Å². The summed E-state index contributed by atoms with van der Waals surface area (Å²) < 4.78 is 15.3. The van der Waals surface area contributed by atoms with Gasteiger partial charge in [-0.05, 0) is 37.1 Å². The lowest BCUT2D eigenvalue weighted by Crippen LogP contribution is -2.36. The highest BCUT2D eigenvalue weighted by Gasteiger charge is 2.12. The van der Waals surface area contributed by atoms with Gasteiger partial charge in [0, 0.05) is 31.4 Å². The zero-order valence-corrected chi connectivity index (χ0v) is 19.3. The lowest BCUT2D eigenvalue weighted by molar-refractivity contribution is 0.624. The van der Waals surface area contributed by atoms with Crippen molar-refractivity contribution in [2.75, 3.05) is 7.05 Å². The molecule has 0 radical (unpaired) electrons. The van der Waals surface area contributed by atoms with Crippen LogP contribution in [-0.2, 0) is 19.6 Å². The molecule has 0 spiro atoms. The van der Waals surface area contributed by atoms with Crippen molar-refractivity contribution < 1.29 is 4.39 Å². The molecule has 3 aromatic rings. The number of aromatic nitrogens is 2. The van der Waals surface area contributed by atoms with Crippen molar-refractivity contribution in [2.24, 2.45) is 4.99 Å². The van der Waals surface area contributed by atoms with Gasteiger partial charge in [-0.1, -0.05) is 42.5 Å². The molecule has 1 aromatic heterocycles. The minimum Gasteiger partial charge on any atom is -0.352 e. The van der Waals surface area contributed by atoms with E-state index >= 15 is 0 Å². The summed E-state index contributed by atoms with van der Waals surface area (Å²) >= 11 is 0. The van der Waals surface area contributed by atoms with E-state index < -0.39 is 0 Å². The standard InChI is InChI=1S/C22H26FN5.HI/c1-16-21(17(2)28(27-16)15-18-8-5-4-6-9-18)14-26-22(24-3)25-13-19-10-7-11-20(23)12-19;/h4-12H,13-15H2,1-3H3,(H2,24,25,26);1H. The molecule has 7 heteroatoms. The molecule has 0 aliphatic heterocycles. The van der Waals surface area contributed by atoms with Crippen LogP contribution in [0, 0.1) is 19.7 Å². The number of aryl methyl sites for hydroxylation is 1. The van der Waals surface area contributed by atoms with Crippen molar-refractivity contribution in [2.45, 2.75) is 33.5 Å². The first-order chi connectivity index (χ1) is 13.6. The van der Waals surface area contributed by atoms with E-state index in [9.17, 15) is 4.39 Å². The van der Waals surface area contributed by atoms with Crippen molar-refractivity contribution in [1.29, 1.82) is 0 Å². The molecule has 0 unspecified atom stereocenters. The molecule has 5 nitrogen and oxygen atoms in total. The highest BCUT2D eigenvalue weighted by Crippen LogP contribution is 2.14. The van der Waals surface area contributed by atoms with Gasteiger partial charge in [0.2, 0.25) is 0 Å². The van der Waals surface area contributed by atoms with Crippen LogP contribution < -0.4 is 10.6 Å². The zero-order valence-electron chi connectivity index (χ0n) is 16.9. The molecular weight excluding hydrogens is 480 g/mol. The average Bonchev–Trinajstić information content (AvgIpc) is 2.96. The van der Waals surface area contributed by atoms with Crippen LogP contribution in [0.15, 0.2) is 59.6 Å². The summed E-state index contributed by atoms with van der Waals surface area (Å²) in [7, 11) is 1.72. The lowest BCUT2D eigenvalue weighted by Gasteiger charge is -2.12. The molecule has 0 saturated carbocycles. The Bertz CT molecular complexity index is 953. The molecule has 0 aliphatic carbocycles. The molecular formula is C22H27FIN5. The van der Waals surface area contributed by atoms with E-state index in [4.69, 9.17) is 0 Å². The molecule has 2 aromatic carbocycles. The quantitative estimate of drug-likeness (QED) is 0.299. The van der Waals surface area contributed by atoms with E-state index in [1.165, 1.54) is 17.7 Å². The van der Waals surface area contributed by atoms with E-state index in [2.05, 4.69) is 39.8 Å². The Hall–Kier alpha value is -2.42. The second kappa shape index (κ2) is 10.9. The summed E-state index contributed by atoms with van der Waals surface area (Å²) in [6.45, 7) is 5.98. The van der Waals surface area contributed by atoms with Gasteiger partial charge in [-0.3, -0.25) is 9.67 Å². The Balaban J connectivity index is 0.00000300. The predicted molar refractivity (Wildman–Crippen MR) is 126 cm³/mol. The first-order valence-corrected chi connectivity index (χ1v) is 9.32. The molecule has 0 atom stereocenters. The lowest BCUT2D eigenvalue weighted by atomic mass is 10.2. The van der Waals surface area contributed by atoms with Gasteiger partial charge in [-0.15, -0.1) is 24.0 Å². The van der Waals surface area contributed by atoms with Gasteiger partial charge in [-0.2, -0.15) is 5.10 Å². The molecule has 0 saturated heterocycles. The first kappa shape index (κ1) is 22.9. The SMILES string of the molecule is CN=C(NCc1cccc(F)c1)NCc1c(C)nn(Cc2ccccc2)c1C.I. The first-order valence-electron chi connectivity index (χ1n) is 9.32. The number of aliphatic imine (C=N–C) groups is 1. The number of guanidine groups is 1. The molecule has 0 aliphatic rings. The molecule has 29 heavy (non-hydrogen) atoms. The molecule has 3 rings (SSSR count). The topological polar surface area (TPSA) is 54.2 Å².